The largest absolute Gasteiger partial charge is 0.416 e. The van der Waals surface area contributed by atoms with Gasteiger partial charge in [-0.1, -0.05) is 6.07 Å². The fourth-order valence-electron chi connectivity index (χ4n) is 3.17. The van der Waals surface area contributed by atoms with E-state index in [4.69, 9.17) is 0 Å². The fourth-order valence-corrected chi connectivity index (χ4v) is 3.17. The van der Waals surface area contributed by atoms with Crippen molar-refractivity contribution < 1.29 is 22.8 Å². The summed E-state index contributed by atoms with van der Waals surface area (Å²) in [6.07, 6.45) is -1.40. The van der Waals surface area contributed by atoms with Gasteiger partial charge in [-0.25, -0.2) is 0 Å². The number of carbonyl (C=O) groups excluding carboxylic acids is 2. The number of halogens is 4. The Bertz CT molecular complexity index is 878. The Labute approximate surface area is 171 Å². The van der Waals surface area contributed by atoms with Gasteiger partial charge in [0.15, 0.2) is 0 Å². The van der Waals surface area contributed by atoms with Crippen LogP contribution in [0.5, 0.6) is 0 Å². The van der Waals surface area contributed by atoms with Crippen LogP contribution in [0, 0.1) is 0 Å². The summed E-state index contributed by atoms with van der Waals surface area (Å²) in [5.41, 5.74) is -0.402. The molecular formula is C19H20ClF3N4O2. The standard InChI is InChI=1S/C19H19F3N4O2.ClH/c1-12(27)25-16-8-14(7-15(9-16)19(20,21)22)18(28)26-6-5-24-11-17(26)13-3-2-4-23-10-13;/h2-4,7-10,17,24H,5-6,11H2,1H3,(H,25,27);1H. The quantitative estimate of drug-likeness (QED) is 0.787. The molecule has 1 fully saturated rings. The van der Waals surface area contributed by atoms with Gasteiger partial charge >= 0.3 is 6.18 Å². The van der Waals surface area contributed by atoms with Gasteiger partial charge in [0, 0.05) is 50.2 Å². The number of anilines is 1. The van der Waals surface area contributed by atoms with E-state index in [1.807, 2.05) is 6.07 Å². The molecule has 0 aliphatic carbocycles. The van der Waals surface area contributed by atoms with Gasteiger partial charge in [0.2, 0.25) is 5.91 Å². The van der Waals surface area contributed by atoms with Crippen molar-refractivity contribution in [1.82, 2.24) is 15.2 Å². The summed E-state index contributed by atoms with van der Waals surface area (Å²) >= 11 is 0. The first-order chi connectivity index (χ1) is 13.3. The third kappa shape index (κ3) is 5.45. The summed E-state index contributed by atoms with van der Waals surface area (Å²) in [7, 11) is 0. The highest BCUT2D eigenvalue weighted by Crippen LogP contribution is 2.33. The third-order valence-electron chi connectivity index (χ3n) is 4.40. The van der Waals surface area contributed by atoms with Crippen molar-refractivity contribution in [2.24, 2.45) is 0 Å². The van der Waals surface area contributed by atoms with Crippen LogP contribution < -0.4 is 10.6 Å². The molecule has 1 aliphatic rings. The maximum Gasteiger partial charge on any atom is 0.416 e. The van der Waals surface area contributed by atoms with Crippen LogP contribution >= 0.6 is 12.4 Å². The van der Waals surface area contributed by atoms with E-state index in [1.54, 1.807) is 18.5 Å². The molecule has 1 aromatic carbocycles. The smallest absolute Gasteiger partial charge is 0.329 e. The SMILES string of the molecule is CC(=O)Nc1cc(C(=O)N2CCNCC2c2cccnc2)cc(C(F)(F)F)c1.Cl. The number of pyridine rings is 1. The first kappa shape index (κ1) is 22.6. The lowest BCUT2D eigenvalue weighted by Gasteiger charge is -2.36. The number of aromatic nitrogens is 1. The van der Waals surface area contributed by atoms with Crippen LogP contribution in [0.15, 0.2) is 42.7 Å². The number of hydrogen-bond donors (Lipinski definition) is 2. The monoisotopic (exact) mass is 428 g/mol. The molecule has 1 unspecified atom stereocenters. The number of alkyl halides is 3. The van der Waals surface area contributed by atoms with E-state index < -0.39 is 23.6 Å². The van der Waals surface area contributed by atoms with Crippen LogP contribution in [0.2, 0.25) is 0 Å². The lowest BCUT2D eigenvalue weighted by molar-refractivity contribution is -0.137. The van der Waals surface area contributed by atoms with Crippen molar-refractivity contribution in [1.29, 1.82) is 0 Å². The van der Waals surface area contributed by atoms with Crippen molar-refractivity contribution >= 4 is 29.9 Å². The minimum absolute atomic E-state index is 0. The van der Waals surface area contributed by atoms with Crippen molar-refractivity contribution in [3.05, 3.63) is 59.4 Å². The zero-order valence-electron chi connectivity index (χ0n) is 15.5. The molecular weight excluding hydrogens is 409 g/mol. The van der Waals surface area contributed by atoms with Gasteiger partial charge in [-0.3, -0.25) is 14.6 Å². The summed E-state index contributed by atoms with van der Waals surface area (Å²) < 4.78 is 39.8. The minimum atomic E-state index is -4.64. The highest BCUT2D eigenvalue weighted by Gasteiger charge is 2.34. The Morgan fingerprint density at radius 2 is 2.03 bits per heavy atom. The van der Waals surface area contributed by atoms with E-state index in [9.17, 15) is 22.8 Å². The molecule has 1 aliphatic heterocycles. The molecule has 0 radical (unpaired) electrons. The molecule has 0 spiro atoms. The summed E-state index contributed by atoms with van der Waals surface area (Å²) in [5.74, 6) is -1.05. The molecule has 6 nitrogen and oxygen atoms in total. The topological polar surface area (TPSA) is 74.3 Å². The zero-order chi connectivity index (χ0) is 20.3. The van der Waals surface area contributed by atoms with Gasteiger partial charge in [0.05, 0.1) is 11.6 Å². The van der Waals surface area contributed by atoms with Crippen LogP contribution in [0.3, 0.4) is 0 Å². The Balaban J connectivity index is 0.00000300. The normalized spacial score (nSPS) is 16.7. The van der Waals surface area contributed by atoms with E-state index in [-0.39, 0.29) is 29.7 Å². The Morgan fingerprint density at radius 3 is 2.66 bits per heavy atom. The summed E-state index contributed by atoms with van der Waals surface area (Å²) in [6, 6.07) is 6.10. The molecule has 1 saturated heterocycles. The predicted octanol–water partition coefficient (Wildman–Crippen LogP) is 3.27. The number of carbonyl (C=O) groups is 2. The molecule has 2 aromatic rings. The number of piperazine rings is 1. The number of nitrogens with one attached hydrogen (secondary N) is 2. The molecule has 1 atom stereocenters. The van der Waals surface area contributed by atoms with E-state index in [0.29, 0.717) is 19.6 Å². The molecule has 2 heterocycles. The molecule has 156 valence electrons. The number of benzene rings is 1. The van der Waals surface area contributed by atoms with Crippen LogP contribution in [0.4, 0.5) is 18.9 Å². The molecule has 3 rings (SSSR count). The van der Waals surface area contributed by atoms with Crippen LogP contribution in [-0.2, 0) is 11.0 Å². The molecule has 10 heteroatoms. The second-order valence-corrected chi connectivity index (χ2v) is 6.48. The van der Waals surface area contributed by atoms with Crippen LogP contribution in [-0.4, -0.2) is 41.3 Å². The maximum absolute atomic E-state index is 13.3. The van der Waals surface area contributed by atoms with Gasteiger partial charge in [0.25, 0.3) is 5.91 Å². The van der Waals surface area contributed by atoms with E-state index in [1.165, 1.54) is 17.9 Å². The highest BCUT2D eigenvalue weighted by molar-refractivity contribution is 5.97. The van der Waals surface area contributed by atoms with Crippen molar-refractivity contribution in [2.75, 3.05) is 25.0 Å². The first-order valence-electron chi connectivity index (χ1n) is 8.67. The average molecular weight is 429 g/mol. The van der Waals surface area contributed by atoms with Crippen LogP contribution in [0.1, 0.15) is 34.5 Å². The molecule has 0 bridgehead atoms. The van der Waals surface area contributed by atoms with Gasteiger partial charge in [-0.15, -0.1) is 12.4 Å². The summed E-state index contributed by atoms with van der Waals surface area (Å²) in [5, 5.41) is 5.51. The highest BCUT2D eigenvalue weighted by atomic mass is 35.5. The van der Waals surface area contributed by atoms with Crippen molar-refractivity contribution in [2.45, 2.75) is 19.1 Å². The number of amides is 2. The summed E-state index contributed by atoms with van der Waals surface area (Å²) in [4.78, 5) is 30.0. The van der Waals surface area contributed by atoms with Gasteiger partial charge < -0.3 is 15.5 Å². The molecule has 2 amide bonds. The zero-order valence-corrected chi connectivity index (χ0v) is 16.3. The molecule has 1 aromatic heterocycles. The van der Waals surface area contributed by atoms with Crippen molar-refractivity contribution in [3.63, 3.8) is 0 Å². The van der Waals surface area contributed by atoms with E-state index >= 15 is 0 Å². The maximum atomic E-state index is 13.3. The predicted molar refractivity (Wildman–Crippen MR) is 104 cm³/mol. The Kier molecular flexibility index (Phi) is 7.21. The lowest BCUT2D eigenvalue weighted by Crippen LogP contribution is -2.48. The van der Waals surface area contributed by atoms with E-state index in [0.717, 1.165) is 17.7 Å². The van der Waals surface area contributed by atoms with E-state index in [2.05, 4.69) is 15.6 Å². The minimum Gasteiger partial charge on any atom is -0.329 e. The second-order valence-electron chi connectivity index (χ2n) is 6.48. The fraction of sp³-hybridized carbons (Fsp3) is 0.316. The average Bonchev–Trinajstić information content (AvgIpc) is 2.66. The Hall–Kier alpha value is -2.65. The molecule has 29 heavy (non-hydrogen) atoms. The number of rotatable bonds is 3. The van der Waals surface area contributed by atoms with Crippen molar-refractivity contribution in [3.8, 4) is 0 Å². The van der Waals surface area contributed by atoms with Gasteiger partial charge in [-0.05, 0) is 29.8 Å². The first-order valence-corrected chi connectivity index (χ1v) is 8.67. The second kappa shape index (κ2) is 9.23. The molecule has 0 saturated carbocycles. The third-order valence-corrected chi connectivity index (χ3v) is 4.40. The summed E-state index contributed by atoms with van der Waals surface area (Å²) in [6.45, 7) is 2.52. The molecule has 2 N–H and O–H groups in total. The van der Waals surface area contributed by atoms with Gasteiger partial charge in [-0.2, -0.15) is 13.2 Å². The Morgan fingerprint density at radius 1 is 1.28 bits per heavy atom. The number of hydrogen-bond acceptors (Lipinski definition) is 4. The van der Waals surface area contributed by atoms with Crippen LogP contribution in [0.25, 0.3) is 0 Å². The lowest BCUT2D eigenvalue weighted by atomic mass is 10.0. The van der Waals surface area contributed by atoms with Gasteiger partial charge in [0.1, 0.15) is 0 Å². The number of nitrogens with zero attached hydrogens (tertiary/aromatic N) is 2.